The van der Waals surface area contributed by atoms with Gasteiger partial charge in [-0.1, -0.05) is 18.5 Å². The fourth-order valence-electron chi connectivity index (χ4n) is 1.79. The van der Waals surface area contributed by atoms with Crippen molar-refractivity contribution in [2.24, 2.45) is 0 Å². The van der Waals surface area contributed by atoms with Crippen molar-refractivity contribution in [3.05, 3.63) is 51.3 Å². The molecule has 0 aliphatic heterocycles. The summed E-state index contributed by atoms with van der Waals surface area (Å²) in [6, 6.07) is 7.42. The summed E-state index contributed by atoms with van der Waals surface area (Å²) < 4.78 is 12.1. The number of nitrogens with one attached hydrogen (secondary N) is 1. The van der Waals surface area contributed by atoms with E-state index in [9.17, 15) is 0 Å². The molecule has 0 saturated carbocycles. The van der Waals surface area contributed by atoms with Gasteiger partial charge in [-0.25, -0.2) is 0 Å². The zero-order valence-electron chi connectivity index (χ0n) is 11.3. The van der Waals surface area contributed by atoms with Gasteiger partial charge < -0.3 is 14.5 Å². The van der Waals surface area contributed by atoms with Gasteiger partial charge in [0.25, 0.3) is 0 Å². The van der Waals surface area contributed by atoms with Crippen molar-refractivity contribution in [3.63, 3.8) is 0 Å². The maximum absolute atomic E-state index is 5.90. The lowest BCUT2D eigenvalue weighted by Crippen LogP contribution is -2.14. The van der Waals surface area contributed by atoms with Crippen molar-refractivity contribution in [2.75, 3.05) is 6.54 Å². The van der Waals surface area contributed by atoms with Crippen molar-refractivity contribution in [1.82, 2.24) is 5.32 Å². The van der Waals surface area contributed by atoms with Crippen LogP contribution in [0, 0.1) is 0 Å². The van der Waals surface area contributed by atoms with E-state index in [1.807, 2.05) is 18.2 Å². The third-order valence-corrected chi connectivity index (χ3v) is 3.69. The number of furan rings is 1. The van der Waals surface area contributed by atoms with E-state index in [2.05, 4.69) is 28.2 Å². The van der Waals surface area contributed by atoms with E-state index >= 15 is 0 Å². The lowest BCUT2D eigenvalue weighted by atomic mass is 10.2. The minimum absolute atomic E-state index is 0.399. The average Bonchev–Trinajstić information content (AvgIpc) is 2.86. The van der Waals surface area contributed by atoms with Crippen LogP contribution in [0.4, 0.5) is 0 Å². The Balaban J connectivity index is 1.95. The van der Waals surface area contributed by atoms with Gasteiger partial charge in [0.1, 0.15) is 18.1 Å². The Morgan fingerprint density at radius 2 is 2.20 bits per heavy atom. The van der Waals surface area contributed by atoms with E-state index in [4.69, 9.17) is 20.8 Å². The molecule has 0 atom stereocenters. The maximum atomic E-state index is 5.90. The van der Waals surface area contributed by atoms with Crippen LogP contribution < -0.4 is 10.1 Å². The molecule has 2 rings (SSSR count). The van der Waals surface area contributed by atoms with E-state index in [-0.39, 0.29) is 0 Å². The van der Waals surface area contributed by atoms with Crippen LogP contribution in [0.2, 0.25) is 5.02 Å². The molecule has 2 aromatic rings. The molecule has 0 bridgehead atoms. The normalized spacial score (nSPS) is 10.8. The molecule has 0 unspecified atom stereocenters. The van der Waals surface area contributed by atoms with Crippen LogP contribution in [0.25, 0.3) is 0 Å². The topological polar surface area (TPSA) is 34.4 Å². The SMILES string of the molecule is CCCNCc1ccoc1COc1ccc(Cl)cc1Br. The molecule has 20 heavy (non-hydrogen) atoms. The Labute approximate surface area is 132 Å². The van der Waals surface area contributed by atoms with Gasteiger partial charge in [-0.15, -0.1) is 0 Å². The molecule has 1 aromatic carbocycles. The summed E-state index contributed by atoms with van der Waals surface area (Å²) in [6.07, 6.45) is 2.81. The first-order chi connectivity index (χ1) is 9.70. The van der Waals surface area contributed by atoms with Crippen LogP contribution in [0.5, 0.6) is 5.75 Å². The van der Waals surface area contributed by atoms with Crippen molar-refractivity contribution in [2.45, 2.75) is 26.5 Å². The van der Waals surface area contributed by atoms with Gasteiger partial charge >= 0.3 is 0 Å². The molecule has 0 radical (unpaired) electrons. The molecule has 1 N–H and O–H groups in total. The molecule has 0 saturated heterocycles. The summed E-state index contributed by atoms with van der Waals surface area (Å²) in [7, 11) is 0. The molecule has 1 aromatic heterocycles. The van der Waals surface area contributed by atoms with Gasteiger partial charge in [0.2, 0.25) is 0 Å². The first kappa shape index (κ1) is 15.4. The largest absolute Gasteiger partial charge is 0.484 e. The monoisotopic (exact) mass is 357 g/mol. The second kappa shape index (κ2) is 7.72. The molecule has 0 spiro atoms. The predicted octanol–water partition coefficient (Wildman–Crippen LogP) is 4.77. The van der Waals surface area contributed by atoms with E-state index in [1.165, 1.54) is 0 Å². The van der Waals surface area contributed by atoms with Gasteiger partial charge in [-0.05, 0) is 53.2 Å². The summed E-state index contributed by atoms with van der Waals surface area (Å²) in [4.78, 5) is 0. The third-order valence-electron chi connectivity index (χ3n) is 2.83. The minimum atomic E-state index is 0.399. The van der Waals surface area contributed by atoms with Crippen LogP contribution in [-0.2, 0) is 13.2 Å². The molecule has 108 valence electrons. The van der Waals surface area contributed by atoms with Crippen LogP contribution in [0.15, 0.2) is 39.4 Å². The highest BCUT2D eigenvalue weighted by Crippen LogP contribution is 2.29. The summed E-state index contributed by atoms with van der Waals surface area (Å²) in [6.45, 7) is 4.33. The highest BCUT2D eigenvalue weighted by molar-refractivity contribution is 9.10. The highest BCUT2D eigenvalue weighted by atomic mass is 79.9. The van der Waals surface area contributed by atoms with Crippen molar-refractivity contribution >= 4 is 27.5 Å². The molecule has 0 aliphatic rings. The summed E-state index contributed by atoms with van der Waals surface area (Å²) in [5.41, 5.74) is 1.13. The Morgan fingerprint density at radius 3 is 2.95 bits per heavy atom. The Bertz CT molecular complexity index is 557. The molecule has 5 heteroatoms. The first-order valence-electron chi connectivity index (χ1n) is 6.54. The number of hydrogen-bond acceptors (Lipinski definition) is 3. The fraction of sp³-hybridized carbons (Fsp3) is 0.333. The molecule has 0 fully saturated rings. The molecule has 1 heterocycles. The van der Waals surface area contributed by atoms with E-state index in [1.54, 1.807) is 12.3 Å². The molecule has 0 amide bonds. The number of hydrogen-bond donors (Lipinski definition) is 1. The third kappa shape index (κ3) is 4.27. The van der Waals surface area contributed by atoms with Crippen molar-refractivity contribution in [3.8, 4) is 5.75 Å². The highest BCUT2D eigenvalue weighted by Gasteiger charge is 2.08. The van der Waals surface area contributed by atoms with Crippen LogP contribution in [0.3, 0.4) is 0 Å². The van der Waals surface area contributed by atoms with E-state index in [0.717, 1.165) is 41.1 Å². The minimum Gasteiger partial charge on any atom is -0.484 e. The number of benzene rings is 1. The smallest absolute Gasteiger partial charge is 0.146 e. The average molecular weight is 359 g/mol. The summed E-state index contributed by atoms with van der Waals surface area (Å²) in [5, 5.41) is 4.03. The van der Waals surface area contributed by atoms with Gasteiger partial charge in [-0.3, -0.25) is 0 Å². The molecule has 3 nitrogen and oxygen atoms in total. The van der Waals surface area contributed by atoms with Gasteiger partial charge in [0.15, 0.2) is 0 Å². The predicted molar refractivity (Wildman–Crippen MR) is 84.2 cm³/mol. The van der Waals surface area contributed by atoms with Crippen LogP contribution in [0.1, 0.15) is 24.7 Å². The van der Waals surface area contributed by atoms with Crippen molar-refractivity contribution < 1.29 is 9.15 Å². The number of ether oxygens (including phenoxy) is 1. The van der Waals surface area contributed by atoms with Crippen LogP contribution in [-0.4, -0.2) is 6.54 Å². The Kier molecular flexibility index (Phi) is 5.95. The standard InChI is InChI=1S/C15H17BrClNO2/c1-2-6-18-9-11-5-7-19-15(11)10-20-14-4-3-12(17)8-13(14)16/h3-5,7-8,18H,2,6,9-10H2,1H3. The molecular weight excluding hydrogens is 342 g/mol. The maximum Gasteiger partial charge on any atom is 0.146 e. The molecular formula is C15H17BrClNO2. The fourth-order valence-corrected chi connectivity index (χ4v) is 2.58. The van der Waals surface area contributed by atoms with Crippen LogP contribution >= 0.6 is 27.5 Å². The number of halogens is 2. The zero-order chi connectivity index (χ0) is 14.4. The summed E-state index contributed by atoms with van der Waals surface area (Å²) in [5.74, 6) is 1.59. The van der Waals surface area contributed by atoms with Gasteiger partial charge in [0, 0.05) is 17.1 Å². The second-order valence-corrected chi connectivity index (χ2v) is 5.70. The van der Waals surface area contributed by atoms with Gasteiger partial charge in [0.05, 0.1) is 10.7 Å². The first-order valence-corrected chi connectivity index (χ1v) is 7.71. The molecule has 0 aliphatic carbocycles. The number of rotatable bonds is 7. The van der Waals surface area contributed by atoms with Gasteiger partial charge in [-0.2, -0.15) is 0 Å². The quantitative estimate of drug-likeness (QED) is 0.724. The van der Waals surface area contributed by atoms with E-state index in [0.29, 0.717) is 11.6 Å². The summed E-state index contributed by atoms with van der Waals surface area (Å²) >= 11 is 9.33. The second-order valence-electron chi connectivity index (χ2n) is 4.41. The lowest BCUT2D eigenvalue weighted by molar-refractivity contribution is 0.266. The van der Waals surface area contributed by atoms with E-state index < -0.39 is 0 Å². The van der Waals surface area contributed by atoms with Crippen molar-refractivity contribution in [1.29, 1.82) is 0 Å². The Morgan fingerprint density at radius 1 is 1.35 bits per heavy atom. The zero-order valence-corrected chi connectivity index (χ0v) is 13.6. The lowest BCUT2D eigenvalue weighted by Gasteiger charge is -2.08. The Hall–Kier alpha value is -0.970.